The van der Waals surface area contributed by atoms with Crippen LogP contribution in [0.5, 0.6) is 5.75 Å². The molecule has 1 N–H and O–H groups in total. The predicted molar refractivity (Wildman–Crippen MR) is 91.8 cm³/mol. The molecule has 0 atom stereocenters. The van der Waals surface area contributed by atoms with Crippen molar-refractivity contribution < 1.29 is 4.74 Å². The number of hydrogen-bond donors (Lipinski definition) is 1. The molecule has 23 heavy (non-hydrogen) atoms. The molecule has 2 aliphatic heterocycles. The number of rotatable bonds is 2. The molecule has 0 aliphatic carbocycles. The quantitative estimate of drug-likeness (QED) is 0.923. The van der Waals surface area contributed by atoms with Gasteiger partial charge in [-0.2, -0.15) is 0 Å². The molecule has 0 saturated carbocycles. The molecule has 0 saturated heterocycles. The maximum absolute atomic E-state index is 5.88. The number of pyridine rings is 2. The molecule has 4 heterocycles. The van der Waals surface area contributed by atoms with Gasteiger partial charge in [0.1, 0.15) is 6.61 Å². The molecule has 0 bridgehead atoms. The van der Waals surface area contributed by atoms with Crippen molar-refractivity contribution in [3.8, 4) is 17.1 Å². The van der Waals surface area contributed by atoms with E-state index in [4.69, 9.17) is 9.72 Å². The van der Waals surface area contributed by atoms with E-state index in [2.05, 4.69) is 33.5 Å². The summed E-state index contributed by atoms with van der Waals surface area (Å²) in [4.78, 5) is 11.5. The standard InChI is InChI=1S/C18H18N4O/c1-13-6-5-7-14(20-13)15-12-16(22-9-3-2-4-10-22)17-18(21-15)19-8-11-23-17/h2-7,9,12H,8,10-11H2,1H3,(H,19,21). The zero-order chi connectivity index (χ0) is 15.6. The minimum absolute atomic E-state index is 0.650. The van der Waals surface area contributed by atoms with Gasteiger partial charge in [-0.25, -0.2) is 4.98 Å². The van der Waals surface area contributed by atoms with Gasteiger partial charge in [0.25, 0.3) is 0 Å². The third-order valence-corrected chi connectivity index (χ3v) is 3.87. The second-order valence-corrected chi connectivity index (χ2v) is 5.57. The van der Waals surface area contributed by atoms with Gasteiger partial charge in [0.2, 0.25) is 0 Å². The second kappa shape index (κ2) is 5.76. The van der Waals surface area contributed by atoms with Gasteiger partial charge in [0.15, 0.2) is 11.6 Å². The highest BCUT2D eigenvalue weighted by atomic mass is 16.5. The largest absolute Gasteiger partial charge is 0.486 e. The Balaban J connectivity index is 1.85. The summed E-state index contributed by atoms with van der Waals surface area (Å²) in [7, 11) is 0. The molecule has 2 aliphatic rings. The highest BCUT2D eigenvalue weighted by Crippen LogP contribution is 2.39. The van der Waals surface area contributed by atoms with Crippen LogP contribution in [0.2, 0.25) is 0 Å². The lowest BCUT2D eigenvalue weighted by Crippen LogP contribution is -2.24. The molecule has 0 amide bonds. The van der Waals surface area contributed by atoms with Crippen LogP contribution in [0.1, 0.15) is 5.69 Å². The Morgan fingerprint density at radius 2 is 2.13 bits per heavy atom. The molecule has 0 aromatic carbocycles. The van der Waals surface area contributed by atoms with Crippen LogP contribution in [0, 0.1) is 6.92 Å². The number of ether oxygens (including phenoxy) is 1. The molecule has 4 rings (SSSR count). The van der Waals surface area contributed by atoms with Gasteiger partial charge in [-0.3, -0.25) is 4.98 Å². The van der Waals surface area contributed by atoms with E-state index < -0.39 is 0 Å². The topological polar surface area (TPSA) is 50.3 Å². The second-order valence-electron chi connectivity index (χ2n) is 5.57. The van der Waals surface area contributed by atoms with Crippen molar-refractivity contribution in [2.75, 3.05) is 29.9 Å². The molecule has 0 spiro atoms. The van der Waals surface area contributed by atoms with Gasteiger partial charge >= 0.3 is 0 Å². The fraction of sp³-hybridized carbons (Fsp3) is 0.222. The lowest BCUT2D eigenvalue weighted by Gasteiger charge is -2.28. The van der Waals surface area contributed by atoms with Crippen molar-refractivity contribution in [2.24, 2.45) is 0 Å². The highest BCUT2D eigenvalue weighted by molar-refractivity contribution is 5.77. The van der Waals surface area contributed by atoms with Crippen molar-refractivity contribution in [3.05, 3.63) is 54.4 Å². The maximum atomic E-state index is 5.88. The number of fused-ring (bicyclic) bond motifs is 1. The van der Waals surface area contributed by atoms with E-state index in [1.807, 2.05) is 37.3 Å². The van der Waals surface area contributed by atoms with E-state index in [1.54, 1.807) is 0 Å². The normalized spacial score (nSPS) is 15.8. The summed E-state index contributed by atoms with van der Waals surface area (Å²) in [6.45, 7) is 4.22. The van der Waals surface area contributed by atoms with Gasteiger partial charge in [-0.05, 0) is 31.2 Å². The molecule has 0 fully saturated rings. The average molecular weight is 306 g/mol. The first-order chi connectivity index (χ1) is 11.3. The first-order valence-corrected chi connectivity index (χ1v) is 7.77. The van der Waals surface area contributed by atoms with Crippen LogP contribution in [0.25, 0.3) is 11.4 Å². The Morgan fingerprint density at radius 1 is 1.17 bits per heavy atom. The van der Waals surface area contributed by atoms with Crippen molar-refractivity contribution >= 4 is 11.5 Å². The summed E-state index contributed by atoms with van der Waals surface area (Å²) in [5.74, 6) is 1.60. The molecule has 5 nitrogen and oxygen atoms in total. The van der Waals surface area contributed by atoms with Gasteiger partial charge in [0, 0.05) is 18.4 Å². The maximum Gasteiger partial charge on any atom is 0.185 e. The lowest BCUT2D eigenvalue weighted by molar-refractivity contribution is 0.322. The summed E-state index contributed by atoms with van der Waals surface area (Å²) in [6.07, 6.45) is 8.25. The van der Waals surface area contributed by atoms with Crippen LogP contribution >= 0.6 is 0 Å². The first-order valence-electron chi connectivity index (χ1n) is 7.77. The lowest BCUT2D eigenvalue weighted by atomic mass is 10.1. The van der Waals surface area contributed by atoms with Crippen molar-refractivity contribution in [2.45, 2.75) is 6.92 Å². The zero-order valence-electron chi connectivity index (χ0n) is 13.0. The van der Waals surface area contributed by atoms with Crippen molar-refractivity contribution in [3.63, 3.8) is 0 Å². The monoisotopic (exact) mass is 306 g/mol. The summed E-state index contributed by atoms with van der Waals surface area (Å²) in [5.41, 5.74) is 3.72. The summed E-state index contributed by atoms with van der Waals surface area (Å²) in [5, 5.41) is 3.33. The van der Waals surface area contributed by atoms with Crippen LogP contribution in [-0.4, -0.2) is 29.7 Å². The van der Waals surface area contributed by atoms with E-state index in [-0.39, 0.29) is 0 Å². The summed E-state index contributed by atoms with van der Waals surface area (Å²) < 4.78 is 5.88. The molecule has 0 unspecified atom stereocenters. The van der Waals surface area contributed by atoms with Crippen molar-refractivity contribution in [1.29, 1.82) is 0 Å². The van der Waals surface area contributed by atoms with Crippen LogP contribution in [0.15, 0.2) is 48.7 Å². The van der Waals surface area contributed by atoms with Gasteiger partial charge in [0.05, 0.1) is 23.6 Å². The average Bonchev–Trinajstić information content (AvgIpc) is 2.61. The molecule has 5 heteroatoms. The fourth-order valence-electron chi connectivity index (χ4n) is 2.78. The number of hydrogen-bond acceptors (Lipinski definition) is 5. The van der Waals surface area contributed by atoms with Crippen molar-refractivity contribution in [1.82, 2.24) is 9.97 Å². The number of allylic oxidation sites excluding steroid dienone is 2. The Bertz CT molecular complexity index is 798. The van der Waals surface area contributed by atoms with Gasteiger partial charge < -0.3 is 15.0 Å². The Hall–Kier alpha value is -2.82. The van der Waals surface area contributed by atoms with E-state index in [1.165, 1.54) is 0 Å². The first kappa shape index (κ1) is 13.8. The summed E-state index contributed by atoms with van der Waals surface area (Å²) in [6, 6.07) is 8.03. The van der Waals surface area contributed by atoms with Gasteiger partial charge in [-0.15, -0.1) is 0 Å². The van der Waals surface area contributed by atoms with E-state index in [9.17, 15) is 0 Å². The number of nitrogens with zero attached hydrogens (tertiary/aromatic N) is 3. The minimum Gasteiger partial charge on any atom is -0.486 e. The molecule has 2 aromatic rings. The molecule has 2 aromatic heterocycles. The molecule has 0 radical (unpaired) electrons. The van der Waals surface area contributed by atoms with Crippen LogP contribution in [-0.2, 0) is 0 Å². The third-order valence-electron chi connectivity index (χ3n) is 3.87. The SMILES string of the molecule is Cc1cccc(-c2cc(N3C=CC=CC3)c3c(n2)NCCO3)n1. The predicted octanol–water partition coefficient (Wildman–Crippen LogP) is 3.15. The minimum atomic E-state index is 0.650. The fourth-order valence-corrected chi connectivity index (χ4v) is 2.78. The number of nitrogens with one attached hydrogen (secondary N) is 1. The zero-order valence-corrected chi connectivity index (χ0v) is 13.0. The highest BCUT2D eigenvalue weighted by Gasteiger charge is 2.21. The number of aromatic nitrogens is 2. The summed E-state index contributed by atoms with van der Waals surface area (Å²) >= 11 is 0. The number of anilines is 2. The number of aryl methyl sites for hydroxylation is 1. The molecular formula is C18H18N4O. The van der Waals surface area contributed by atoms with E-state index >= 15 is 0 Å². The van der Waals surface area contributed by atoms with Crippen LogP contribution in [0.3, 0.4) is 0 Å². The Labute approximate surface area is 135 Å². The Morgan fingerprint density at radius 3 is 2.96 bits per heavy atom. The van der Waals surface area contributed by atoms with Gasteiger partial charge in [-0.1, -0.05) is 18.2 Å². The Kier molecular flexibility index (Phi) is 3.46. The van der Waals surface area contributed by atoms with E-state index in [0.717, 1.165) is 47.4 Å². The third kappa shape index (κ3) is 2.65. The van der Waals surface area contributed by atoms with E-state index in [0.29, 0.717) is 6.61 Å². The smallest absolute Gasteiger partial charge is 0.185 e. The van der Waals surface area contributed by atoms with Crippen LogP contribution < -0.4 is 15.0 Å². The van der Waals surface area contributed by atoms with Crippen LogP contribution in [0.4, 0.5) is 11.5 Å². The molecular weight excluding hydrogens is 288 g/mol. The molecule has 116 valence electrons.